The number of nitrogens with one attached hydrogen (secondary N) is 2. The number of halogens is 2. The first-order valence-electron chi connectivity index (χ1n) is 5.68. The van der Waals surface area contributed by atoms with Gasteiger partial charge in [-0.3, -0.25) is 5.32 Å². The van der Waals surface area contributed by atoms with Crippen molar-refractivity contribution in [2.45, 2.75) is 0 Å². The van der Waals surface area contributed by atoms with Gasteiger partial charge in [0.15, 0.2) is 0 Å². The summed E-state index contributed by atoms with van der Waals surface area (Å²) in [4.78, 5) is 26.3. The van der Waals surface area contributed by atoms with Crippen molar-refractivity contribution in [3.8, 4) is 0 Å². The van der Waals surface area contributed by atoms with Gasteiger partial charge in [0.1, 0.15) is 5.82 Å². The number of hydrogen-bond donors (Lipinski definition) is 3. The highest BCUT2D eigenvalue weighted by Gasteiger charge is 2.08. The standard InChI is InChI=1S/C13H9Cl2N3O3/c14-8-2-3-9(15)10(5-8)17-13(21)18-11-4-1-7(6-16-11)12(19)20/h1-6H,(H,19,20)(H2,16,17,18,21). The van der Waals surface area contributed by atoms with Crippen molar-refractivity contribution in [1.29, 1.82) is 0 Å². The highest BCUT2D eigenvalue weighted by Crippen LogP contribution is 2.25. The quantitative estimate of drug-likeness (QED) is 0.801. The molecule has 0 bridgehead atoms. The van der Waals surface area contributed by atoms with E-state index in [2.05, 4.69) is 15.6 Å². The average Bonchev–Trinajstić information content (AvgIpc) is 2.43. The monoisotopic (exact) mass is 325 g/mol. The van der Waals surface area contributed by atoms with Crippen LogP contribution in [0.25, 0.3) is 0 Å². The lowest BCUT2D eigenvalue weighted by atomic mass is 10.3. The van der Waals surface area contributed by atoms with Crippen molar-refractivity contribution in [2.75, 3.05) is 10.6 Å². The molecule has 2 amide bonds. The molecule has 0 spiro atoms. The van der Waals surface area contributed by atoms with Gasteiger partial charge in [-0.1, -0.05) is 23.2 Å². The molecule has 8 heteroatoms. The second kappa shape index (κ2) is 6.43. The van der Waals surface area contributed by atoms with E-state index >= 15 is 0 Å². The fraction of sp³-hybridized carbons (Fsp3) is 0. The van der Waals surface area contributed by atoms with Crippen LogP contribution in [0.5, 0.6) is 0 Å². The highest BCUT2D eigenvalue weighted by molar-refractivity contribution is 6.35. The van der Waals surface area contributed by atoms with Crippen molar-refractivity contribution < 1.29 is 14.7 Å². The number of rotatable bonds is 3. The minimum Gasteiger partial charge on any atom is -0.478 e. The van der Waals surface area contributed by atoms with Gasteiger partial charge in [0.05, 0.1) is 16.3 Å². The van der Waals surface area contributed by atoms with E-state index in [9.17, 15) is 9.59 Å². The lowest BCUT2D eigenvalue weighted by Gasteiger charge is -2.09. The zero-order chi connectivity index (χ0) is 15.4. The van der Waals surface area contributed by atoms with E-state index in [0.717, 1.165) is 6.20 Å². The minimum atomic E-state index is -1.09. The van der Waals surface area contributed by atoms with Gasteiger partial charge in [-0.25, -0.2) is 14.6 Å². The molecule has 0 aliphatic carbocycles. The molecule has 1 aromatic carbocycles. The number of nitrogens with zero attached hydrogens (tertiary/aromatic N) is 1. The van der Waals surface area contributed by atoms with E-state index in [4.69, 9.17) is 28.3 Å². The van der Waals surface area contributed by atoms with Crippen LogP contribution in [-0.2, 0) is 0 Å². The molecule has 0 saturated carbocycles. The maximum atomic E-state index is 11.8. The van der Waals surface area contributed by atoms with Crippen LogP contribution in [-0.4, -0.2) is 22.1 Å². The van der Waals surface area contributed by atoms with Gasteiger partial charge < -0.3 is 10.4 Å². The smallest absolute Gasteiger partial charge is 0.337 e. The second-order valence-corrected chi connectivity index (χ2v) is 4.78. The van der Waals surface area contributed by atoms with Crippen LogP contribution >= 0.6 is 23.2 Å². The minimum absolute atomic E-state index is 0.0267. The molecule has 1 aromatic heterocycles. The van der Waals surface area contributed by atoms with Gasteiger partial charge in [-0.15, -0.1) is 0 Å². The number of carboxylic acids is 1. The van der Waals surface area contributed by atoms with E-state index < -0.39 is 12.0 Å². The maximum absolute atomic E-state index is 11.8. The van der Waals surface area contributed by atoms with Crippen molar-refractivity contribution in [2.24, 2.45) is 0 Å². The number of hydrogen-bond acceptors (Lipinski definition) is 3. The summed E-state index contributed by atoms with van der Waals surface area (Å²) in [6.45, 7) is 0. The number of carboxylic acid groups (broad SMARTS) is 1. The molecule has 108 valence electrons. The van der Waals surface area contributed by atoms with E-state index in [1.54, 1.807) is 12.1 Å². The van der Waals surface area contributed by atoms with Crippen LogP contribution in [0.2, 0.25) is 10.0 Å². The van der Waals surface area contributed by atoms with Gasteiger partial charge in [-0.2, -0.15) is 0 Å². The fourth-order valence-electron chi connectivity index (χ4n) is 1.46. The third kappa shape index (κ3) is 4.08. The maximum Gasteiger partial charge on any atom is 0.337 e. The number of carbonyl (C=O) groups excluding carboxylic acids is 1. The predicted molar refractivity (Wildman–Crippen MR) is 80.3 cm³/mol. The second-order valence-electron chi connectivity index (χ2n) is 3.94. The lowest BCUT2D eigenvalue weighted by Crippen LogP contribution is -2.20. The molecule has 0 radical (unpaired) electrons. The molecule has 1 heterocycles. The number of amides is 2. The molecule has 3 N–H and O–H groups in total. The first kappa shape index (κ1) is 15.1. The third-order valence-corrected chi connectivity index (χ3v) is 2.99. The highest BCUT2D eigenvalue weighted by atomic mass is 35.5. The Morgan fingerprint density at radius 3 is 2.48 bits per heavy atom. The van der Waals surface area contributed by atoms with Crippen LogP contribution in [0.3, 0.4) is 0 Å². The molecular weight excluding hydrogens is 317 g/mol. The molecule has 0 fully saturated rings. The average molecular weight is 326 g/mol. The molecule has 2 rings (SSSR count). The number of anilines is 2. The van der Waals surface area contributed by atoms with Crippen LogP contribution in [0.4, 0.5) is 16.3 Å². The first-order chi connectivity index (χ1) is 9.95. The summed E-state index contributed by atoms with van der Waals surface area (Å²) in [5, 5.41) is 14.5. The lowest BCUT2D eigenvalue weighted by molar-refractivity contribution is 0.0696. The molecule has 2 aromatic rings. The van der Waals surface area contributed by atoms with Gasteiger partial charge in [-0.05, 0) is 30.3 Å². The number of benzene rings is 1. The number of pyridine rings is 1. The molecule has 0 saturated heterocycles. The SMILES string of the molecule is O=C(Nc1ccc(C(=O)O)cn1)Nc1cc(Cl)ccc1Cl. The van der Waals surface area contributed by atoms with E-state index in [1.807, 2.05) is 0 Å². The Labute approximate surface area is 129 Å². The molecule has 21 heavy (non-hydrogen) atoms. The first-order valence-corrected chi connectivity index (χ1v) is 6.43. The van der Waals surface area contributed by atoms with Crippen molar-refractivity contribution >= 4 is 46.7 Å². The summed E-state index contributed by atoms with van der Waals surface area (Å²) in [5.74, 6) is -0.889. The Hall–Kier alpha value is -2.31. The molecule has 0 atom stereocenters. The predicted octanol–water partition coefficient (Wildman–Crippen LogP) is 3.73. The van der Waals surface area contributed by atoms with Gasteiger partial charge in [0.2, 0.25) is 0 Å². The summed E-state index contributed by atoms with van der Waals surface area (Å²) < 4.78 is 0. The molecule has 0 aliphatic heterocycles. The Kier molecular flexibility index (Phi) is 4.62. The summed E-state index contributed by atoms with van der Waals surface area (Å²) >= 11 is 11.7. The topological polar surface area (TPSA) is 91.3 Å². The van der Waals surface area contributed by atoms with Crippen molar-refractivity contribution in [1.82, 2.24) is 4.98 Å². The Morgan fingerprint density at radius 2 is 1.86 bits per heavy atom. The Bertz CT molecular complexity index is 690. The zero-order valence-electron chi connectivity index (χ0n) is 10.4. The van der Waals surface area contributed by atoms with Crippen molar-refractivity contribution in [3.05, 3.63) is 52.1 Å². The van der Waals surface area contributed by atoms with Crippen LogP contribution in [0, 0.1) is 0 Å². The zero-order valence-corrected chi connectivity index (χ0v) is 11.9. The molecule has 0 aliphatic rings. The number of aromatic nitrogens is 1. The molecule has 6 nitrogen and oxygen atoms in total. The van der Waals surface area contributed by atoms with Gasteiger partial charge in [0, 0.05) is 11.2 Å². The van der Waals surface area contributed by atoms with Crippen LogP contribution < -0.4 is 10.6 Å². The number of urea groups is 1. The summed E-state index contributed by atoms with van der Waals surface area (Å²) in [5.41, 5.74) is 0.377. The molecular formula is C13H9Cl2N3O3. The summed E-state index contributed by atoms with van der Waals surface area (Å²) in [6, 6.07) is 6.79. The Morgan fingerprint density at radius 1 is 1.10 bits per heavy atom. The van der Waals surface area contributed by atoms with Crippen LogP contribution in [0.1, 0.15) is 10.4 Å². The largest absolute Gasteiger partial charge is 0.478 e. The third-order valence-electron chi connectivity index (χ3n) is 2.43. The van der Waals surface area contributed by atoms with E-state index in [0.29, 0.717) is 15.7 Å². The van der Waals surface area contributed by atoms with Crippen molar-refractivity contribution in [3.63, 3.8) is 0 Å². The Balaban J connectivity index is 2.04. The van der Waals surface area contributed by atoms with E-state index in [-0.39, 0.29) is 11.4 Å². The normalized spacial score (nSPS) is 10.0. The number of carbonyl (C=O) groups is 2. The summed E-state index contributed by atoms with van der Waals surface area (Å²) in [6.07, 6.45) is 1.14. The van der Waals surface area contributed by atoms with Gasteiger partial charge in [0.25, 0.3) is 0 Å². The van der Waals surface area contributed by atoms with Crippen LogP contribution in [0.15, 0.2) is 36.5 Å². The summed E-state index contributed by atoms with van der Waals surface area (Å²) in [7, 11) is 0. The fourth-order valence-corrected chi connectivity index (χ4v) is 1.79. The number of aromatic carboxylic acids is 1. The van der Waals surface area contributed by atoms with Gasteiger partial charge >= 0.3 is 12.0 Å². The molecule has 0 unspecified atom stereocenters. The van der Waals surface area contributed by atoms with E-state index in [1.165, 1.54) is 18.2 Å².